The highest BCUT2D eigenvalue weighted by Gasteiger charge is 2.40. The van der Waals surface area contributed by atoms with Crippen molar-refractivity contribution in [2.45, 2.75) is 116 Å². The van der Waals surface area contributed by atoms with Gasteiger partial charge in [0.2, 0.25) is 0 Å². The van der Waals surface area contributed by atoms with Crippen LogP contribution in [0.4, 0.5) is 4.39 Å². The summed E-state index contributed by atoms with van der Waals surface area (Å²) in [6.45, 7) is 4.83. The van der Waals surface area contributed by atoms with Gasteiger partial charge in [-0.1, -0.05) is 39.5 Å². The number of rotatable bonds is 3. The molecule has 4 aliphatic rings. The molecule has 0 aromatic carbocycles. The molecule has 0 spiro atoms. The van der Waals surface area contributed by atoms with Crippen LogP contribution >= 0.6 is 0 Å². The van der Waals surface area contributed by atoms with Gasteiger partial charge in [-0.2, -0.15) is 0 Å². The molecule has 4 aliphatic carbocycles. The Morgan fingerprint density at radius 1 is 0.500 bits per heavy atom. The predicted molar refractivity (Wildman–Crippen MR) is 123 cm³/mol. The van der Waals surface area contributed by atoms with Crippen LogP contribution in [0.5, 0.6) is 0 Å². The minimum Gasteiger partial charge on any atom is -0.412 e. The van der Waals surface area contributed by atoms with Crippen LogP contribution in [0.15, 0.2) is 0 Å². The third kappa shape index (κ3) is 5.32. The fraction of sp³-hybridized carbons (Fsp3) is 1.00. The minimum absolute atomic E-state index is 0. The van der Waals surface area contributed by atoms with Gasteiger partial charge in [-0.05, 0) is 118 Å². The van der Waals surface area contributed by atoms with Crippen molar-refractivity contribution in [3.63, 3.8) is 0 Å². The molecule has 0 saturated heterocycles. The molecule has 4 saturated carbocycles. The Hall–Kier alpha value is -0.110. The lowest BCUT2D eigenvalue weighted by molar-refractivity contribution is 0.0273. The van der Waals surface area contributed by atoms with E-state index in [1.54, 1.807) is 0 Å². The van der Waals surface area contributed by atoms with E-state index in [9.17, 15) is 0 Å². The van der Waals surface area contributed by atoms with E-state index < -0.39 is 6.17 Å². The van der Waals surface area contributed by atoms with Crippen LogP contribution < -0.4 is 0 Å². The smallest absolute Gasteiger partial charge is 0.103 e. The van der Waals surface area contributed by atoms with Gasteiger partial charge in [-0.25, -0.2) is 4.39 Å². The Morgan fingerprint density at radius 2 is 0.857 bits per heavy atom. The first kappa shape index (κ1) is 22.6. The van der Waals surface area contributed by atoms with E-state index in [1.807, 2.05) is 0 Å². The zero-order valence-electron chi connectivity index (χ0n) is 18.7. The average molecular weight is 401 g/mol. The summed E-state index contributed by atoms with van der Waals surface area (Å²) in [7, 11) is 0. The molecule has 2 N–H and O–H groups in total. The summed E-state index contributed by atoms with van der Waals surface area (Å²) in [5, 5.41) is 0. The van der Waals surface area contributed by atoms with E-state index in [-0.39, 0.29) is 9.76 Å². The van der Waals surface area contributed by atoms with Crippen LogP contribution in [-0.2, 0) is 0 Å². The summed E-state index contributed by atoms with van der Waals surface area (Å²) in [6.07, 6.45) is 19.9. The summed E-state index contributed by atoms with van der Waals surface area (Å²) in [5.41, 5.74) is 0. The highest BCUT2D eigenvalue weighted by molar-refractivity contribution is 4.91. The van der Waals surface area contributed by atoms with Gasteiger partial charge in [0.25, 0.3) is 0 Å². The minimum atomic E-state index is -0.486. The average Bonchev–Trinajstić information content (AvgIpc) is 2.69. The predicted octanol–water partition coefficient (Wildman–Crippen LogP) is 8.11. The number of hydrogen-bond acceptors (Lipinski definition) is 0. The maximum atomic E-state index is 15.2. The molecule has 170 valence electrons. The van der Waals surface area contributed by atoms with Crippen LogP contribution in [0, 0.1) is 47.3 Å². The largest absolute Gasteiger partial charge is 0.412 e. The van der Waals surface area contributed by atoms with Crippen LogP contribution in [0.1, 0.15) is 114 Å². The molecular formula is C26H53FO. The second kappa shape index (κ2) is 10.3. The van der Waals surface area contributed by atoms with E-state index in [1.165, 1.54) is 89.9 Å². The normalized spacial score (nSPS) is 47.9. The van der Waals surface area contributed by atoms with Crippen molar-refractivity contribution in [1.82, 2.24) is 0 Å². The first-order chi connectivity index (χ1) is 13.1. The lowest BCUT2D eigenvalue weighted by atomic mass is 9.62. The first-order valence-electron chi connectivity index (χ1n) is 12.7. The van der Waals surface area contributed by atoms with Gasteiger partial charge in [0.05, 0.1) is 0 Å². The standard InChI is InChI=1S/C26H45F.H2O.3H2/c1-18-3-7-20(8-4-18)21-11-13-23(14-12-21)25-16-15-24(17-26(25)27)22-9-5-19(2)6-10-22;;;;/h18-26H,3-17H2,1-2H3;1H2;3*1H. The lowest BCUT2D eigenvalue weighted by Crippen LogP contribution is -2.37. The van der Waals surface area contributed by atoms with Crippen molar-refractivity contribution in [3.05, 3.63) is 0 Å². The Kier molecular flexibility index (Phi) is 8.28. The van der Waals surface area contributed by atoms with Crippen LogP contribution in [0.3, 0.4) is 0 Å². The Morgan fingerprint density at radius 3 is 1.32 bits per heavy atom. The molecule has 0 heterocycles. The van der Waals surface area contributed by atoms with E-state index in [4.69, 9.17) is 0 Å². The second-order valence-electron chi connectivity index (χ2n) is 11.5. The summed E-state index contributed by atoms with van der Waals surface area (Å²) in [6, 6.07) is 0. The van der Waals surface area contributed by atoms with Gasteiger partial charge in [-0.15, -0.1) is 0 Å². The second-order valence-corrected chi connectivity index (χ2v) is 11.5. The van der Waals surface area contributed by atoms with Crippen LogP contribution in [0.2, 0.25) is 0 Å². The first-order valence-corrected chi connectivity index (χ1v) is 12.7. The third-order valence-corrected chi connectivity index (χ3v) is 9.74. The molecule has 4 fully saturated rings. The quantitative estimate of drug-likeness (QED) is 0.458. The van der Waals surface area contributed by atoms with Gasteiger partial charge in [-0.3, -0.25) is 0 Å². The monoisotopic (exact) mass is 400 g/mol. The molecule has 0 aliphatic heterocycles. The summed E-state index contributed by atoms with van der Waals surface area (Å²) in [5.74, 6) is 6.56. The van der Waals surface area contributed by atoms with Gasteiger partial charge in [0.15, 0.2) is 0 Å². The number of alkyl halides is 1. The maximum absolute atomic E-state index is 15.2. The van der Waals surface area contributed by atoms with E-state index >= 15 is 4.39 Å². The molecule has 0 radical (unpaired) electrons. The van der Waals surface area contributed by atoms with Crippen LogP contribution in [0.25, 0.3) is 0 Å². The fourth-order valence-electron chi connectivity index (χ4n) is 7.69. The molecule has 0 bridgehead atoms. The maximum Gasteiger partial charge on any atom is 0.103 e. The highest BCUT2D eigenvalue weighted by Crippen LogP contribution is 2.48. The Labute approximate surface area is 178 Å². The third-order valence-electron chi connectivity index (χ3n) is 9.74. The van der Waals surface area contributed by atoms with E-state index in [2.05, 4.69) is 13.8 Å². The molecule has 0 aromatic rings. The Balaban J connectivity index is 0.00000225. The summed E-state index contributed by atoms with van der Waals surface area (Å²) in [4.78, 5) is 0. The van der Waals surface area contributed by atoms with Crippen molar-refractivity contribution < 1.29 is 14.1 Å². The molecule has 4 rings (SSSR count). The molecule has 2 heteroatoms. The molecule has 1 nitrogen and oxygen atoms in total. The zero-order valence-corrected chi connectivity index (χ0v) is 18.7. The fourth-order valence-corrected chi connectivity index (χ4v) is 7.69. The van der Waals surface area contributed by atoms with Crippen LogP contribution in [-0.4, -0.2) is 11.6 Å². The zero-order chi connectivity index (χ0) is 18.8. The van der Waals surface area contributed by atoms with Crippen molar-refractivity contribution in [2.24, 2.45) is 47.3 Å². The summed E-state index contributed by atoms with van der Waals surface area (Å²) >= 11 is 0. The molecular weight excluding hydrogens is 347 g/mol. The molecule has 3 unspecified atom stereocenters. The summed E-state index contributed by atoms with van der Waals surface area (Å²) < 4.78 is 15.2. The Bertz CT molecular complexity index is 456. The number of halogens is 1. The number of hydrogen-bond donors (Lipinski definition) is 0. The molecule has 0 aromatic heterocycles. The van der Waals surface area contributed by atoms with E-state index in [0.717, 1.165) is 36.0 Å². The highest BCUT2D eigenvalue weighted by atomic mass is 19.1. The van der Waals surface area contributed by atoms with Crippen molar-refractivity contribution >= 4 is 0 Å². The van der Waals surface area contributed by atoms with Gasteiger partial charge >= 0.3 is 0 Å². The van der Waals surface area contributed by atoms with E-state index in [0.29, 0.717) is 17.8 Å². The topological polar surface area (TPSA) is 31.5 Å². The van der Waals surface area contributed by atoms with Crippen molar-refractivity contribution in [2.75, 3.05) is 0 Å². The molecule has 28 heavy (non-hydrogen) atoms. The molecule has 3 atom stereocenters. The lowest BCUT2D eigenvalue weighted by Gasteiger charge is -2.44. The molecule has 0 amide bonds. The van der Waals surface area contributed by atoms with Crippen molar-refractivity contribution in [3.8, 4) is 0 Å². The van der Waals surface area contributed by atoms with Gasteiger partial charge < -0.3 is 5.48 Å². The van der Waals surface area contributed by atoms with Crippen molar-refractivity contribution in [1.29, 1.82) is 0 Å². The van der Waals surface area contributed by atoms with Gasteiger partial charge in [0.1, 0.15) is 6.17 Å². The SMILES string of the molecule is CC1CCC(C2CCC(C3CCC(C4CCC(C)CC4)CC3F)CC2)CC1.O.[HH].[HH].[HH]. The van der Waals surface area contributed by atoms with Gasteiger partial charge in [0, 0.05) is 4.28 Å².